The van der Waals surface area contributed by atoms with Gasteiger partial charge in [0.15, 0.2) is 0 Å². The third-order valence-corrected chi connectivity index (χ3v) is 1.02. The molecule has 0 unspecified atom stereocenters. The van der Waals surface area contributed by atoms with Crippen molar-refractivity contribution in [3.05, 3.63) is 30.3 Å². The van der Waals surface area contributed by atoms with Gasteiger partial charge < -0.3 is 9.31 Å². The van der Waals surface area contributed by atoms with Crippen LogP contribution in [0.25, 0.3) is 0 Å². The molecule has 1 rings (SSSR count). The number of benzene rings is 1. The van der Waals surface area contributed by atoms with E-state index in [4.69, 9.17) is 4.65 Å². The zero-order chi connectivity index (χ0) is 7.23. The molecule has 1 radical (unpaired) electrons. The van der Waals surface area contributed by atoms with Crippen LogP contribution in [-0.4, -0.2) is 14.8 Å². The molecule has 0 aliphatic rings. The van der Waals surface area contributed by atoms with Crippen LogP contribution in [0.15, 0.2) is 30.3 Å². The average Bonchev–Trinajstić information content (AvgIpc) is 2.03. The van der Waals surface area contributed by atoms with Gasteiger partial charge in [0.1, 0.15) is 0 Å². The molecule has 0 fully saturated rings. The molecule has 0 saturated heterocycles. The van der Waals surface area contributed by atoms with E-state index in [0.29, 0.717) is 0 Å². The topological polar surface area (TPSA) is 18.5 Å². The van der Waals surface area contributed by atoms with Gasteiger partial charge in [-0.3, -0.25) is 0 Å². The normalized spacial score (nSPS) is 8.90. The van der Waals surface area contributed by atoms with Gasteiger partial charge in [-0.2, -0.15) is 0 Å². The van der Waals surface area contributed by atoms with Crippen molar-refractivity contribution in [3.63, 3.8) is 0 Å². The number of rotatable bonds is 3. The maximum Gasteiger partial charge on any atom is 0.572 e. The minimum absolute atomic E-state index is 0.782. The van der Waals surface area contributed by atoms with E-state index in [1.54, 1.807) is 7.11 Å². The molecule has 0 spiro atoms. The van der Waals surface area contributed by atoms with E-state index >= 15 is 0 Å². The van der Waals surface area contributed by atoms with Crippen LogP contribution in [0.1, 0.15) is 0 Å². The lowest BCUT2D eigenvalue weighted by Crippen LogP contribution is -2.03. The largest absolute Gasteiger partial charge is 0.572 e. The highest BCUT2D eigenvalue weighted by Gasteiger charge is 1.91. The summed E-state index contributed by atoms with van der Waals surface area (Å²) < 4.78 is 9.61. The van der Waals surface area contributed by atoms with Gasteiger partial charge in [-0.15, -0.1) is 0 Å². The molecule has 3 heteroatoms. The van der Waals surface area contributed by atoms with Gasteiger partial charge in [0.05, 0.1) is 5.75 Å². The van der Waals surface area contributed by atoms with Crippen LogP contribution in [0.3, 0.4) is 0 Å². The highest BCUT2D eigenvalue weighted by molar-refractivity contribution is 6.19. The zero-order valence-corrected chi connectivity index (χ0v) is 5.78. The molecule has 0 aliphatic heterocycles. The maximum absolute atomic E-state index is 5.01. The predicted molar refractivity (Wildman–Crippen MR) is 39.8 cm³/mol. The van der Waals surface area contributed by atoms with Crippen molar-refractivity contribution in [1.82, 2.24) is 0 Å². The van der Waals surface area contributed by atoms with Gasteiger partial charge in [0.2, 0.25) is 0 Å². The molecule has 1 aromatic carbocycles. The fraction of sp³-hybridized carbons (Fsp3) is 0.143. The zero-order valence-electron chi connectivity index (χ0n) is 5.78. The van der Waals surface area contributed by atoms with Crippen LogP contribution in [0, 0.1) is 0 Å². The van der Waals surface area contributed by atoms with Crippen LogP contribution in [0.5, 0.6) is 5.75 Å². The lowest BCUT2D eigenvalue weighted by atomic mass is 10.3. The first kappa shape index (κ1) is 7.16. The van der Waals surface area contributed by atoms with Crippen molar-refractivity contribution in [1.29, 1.82) is 0 Å². The van der Waals surface area contributed by atoms with Crippen molar-refractivity contribution in [3.8, 4) is 5.75 Å². The van der Waals surface area contributed by atoms with Crippen LogP contribution in [0.4, 0.5) is 0 Å². The number of hydrogen-bond acceptors (Lipinski definition) is 2. The second kappa shape index (κ2) is 3.96. The molecule has 0 aliphatic carbocycles. The first-order valence-corrected chi connectivity index (χ1v) is 2.99. The van der Waals surface area contributed by atoms with E-state index < -0.39 is 0 Å². The summed E-state index contributed by atoms with van der Waals surface area (Å²) in [5.41, 5.74) is 0. The molecule has 0 amide bonds. The van der Waals surface area contributed by atoms with Crippen LogP contribution < -0.4 is 4.65 Å². The van der Waals surface area contributed by atoms with Gasteiger partial charge in [0.25, 0.3) is 0 Å². The van der Waals surface area contributed by atoms with Gasteiger partial charge in [-0.05, 0) is 12.1 Å². The Bertz CT molecular complexity index is 176. The summed E-state index contributed by atoms with van der Waals surface area (Å²) in [4.78, 5) is 0. The summed E-state index contributed by atoms with van der Waals surface area (Å²) in [5.74, 6) is 0.782. The van der Waals surface area contributed by atoms with E-state index in [9.17, 15) is 0 Å². The van der Waals surface area contributed by atoms with Crippen LogP contribution in [0.2, 0.25) is 0 Å². The standard InChI is InChI=1S/C7H8BO2/c1-9-8-10-7-5-3-2-4-6-7/h2-6H,1H3. The van der Waals surface area contributed by atoms with E-state index in [0.717, 1.165) is 5.75 Å². The van der Waals surface area contributed by atoms with E-state index in [1.807, 2.05) is 30.3 Å². The predicted octanol–water partition coefficient (Wildman–Crippen LogP) is 1.25. The lowest BCUT2D eigenvalue weighted by Gasteiger charge is -2.00. The first-order valence-electron chi connectivity index (χ1n) is 2.99. The number of hydrogen-bond donors (Lipinski definition) is 0. The Hall–Kier alpha value is -0.955. The van der Waals surface area contributed by atoms with Gasteiger partial charge >= 0.3 is 7.69 Å². The monoisotopic (exact) mass is 135 g/mol. The van der Waals surface area contributed by atoms with Crippen molar-refractivity contribution in [2.45, 2.75) is 0 Å². The minimum Gasteiger partial charge on any atom is -0.537 e. The van der Waals surface area contributed by atoms with Crippen molar-refractivity contribution in [2.24, 2.45) is 0 Å². The summed E-state index contributed by atoms with van der Waals surface area (Å²) in [6.45, 7) is 0. The molecule has 0 saturated carbocycles. The Labute approximate surface area is 61.1 Å². The summed E-state index contributed by atoms with van der Waals surface area (Å²) in [7, 11) is 2.83. The minimum atomic E-state index is 0.782. The molecule has 0 bridgehead atoms. The SMILES string of the molecule is CO[B]Oc1ccccc1. The van der Waals surface area contributed by atoms with Crippen molar-refractivity contribution in [2.75, 3.05) is 7.11 Å². The van der Waals surface area contributed by atoms with Crippen molar-refractivity contribution >= 4 is 7.69 Å². The summed E-state index contributed by atoms with van der Waals surface area (Å²) in [6, 6.07) is 9.45. The summed E-state index contributed by atoms with van der Waals surface area (Å²) >= 11 is 0. The Morgan fingerprint density at radius 2 is 1.90 bits per heavy atom. The highest BCUT2D eigenvalue weighted by Crippen LogP contribution is 2.06. The molecule has 0 N–H and O–H groups in total. The Morgan fingerprint density at radius 1 is 1.20 bits per heavy atom. The van der Waals surface area contributed by atoms with E-state index in [-0.39, 0.29) is 0 Å². The third-order valence-electron chi connectivity index (χ3n) is 1.02. The molecule has 1 aromatic rings. The number of para-hydroxylation sites is 1. The smallest absolute Gasteiger partial charge is 0.537 e. The highest BCUT2D eigenvalue weighted by atomic mass is 16.6. The quantitative estimate of drug-likeness (QED) is 0.580. The molecule has 51 valence electrons. The molecule has 0 atom stereocenters. The van der Waals surface area contributed by atoms with Gasteiger partial charge in [-0.1, -0.05) is 18.2 Å². The van der Waals surface area contributed by atoms with Crippen LogP contribution in [-0.2, 0) is 4.65 Å². The average molecular weight is 135 g/mol. The van der Waals surface area contributed by atoms with Gasteiger partial charge in [0, 0.05) is 7.11 Å². The van der Waals surface area contributed by atoms with Crippen LogP contribution >= 0.6 is 0 Å². The Kier molecular flexibility index (Phi) is 2.83. The second-order valence-corrected chi connectivity index (χ2v) is 1.76. The third kappa shape index (κ3) is 2.11. The Balaban J connectivity index is 2.43. The fourth-order valence-electron chi connectivity index (χ4n) is 0.603. The molecule has 0 aromatic heterocycles. The lowest BCUT2D eigenvalue weighted by molar-refractivity contribution is 0.366. The van der Waals surface area contributed by atoms with Crippen molar-refractivity contribution < 1.29 is 9.31 Å². The summed E-state index contributed by atoms with van der Waals surface area (Å²) in [6.07, 6.45) is 0. The maximum atomic E-state index is 5.01. The Morgan fingerprint density at radius 3 is 2.50 bits per heavy atom. The molecule has 2 nitrogen and oxygen atoms in total. The second-order valence-electron chi connectivity index (χ2n) is 1.76. The molecule has 10 heavy (non-hydrogen) atoms. The van der Waals surface area contributed by atoms with E-state index in [1.165, 1.54) is 7.69 Å². The van der Waals surface area contributed by atoms with E-state index in [2.05, 4.69) is 4.65 Å². The fourth-order valence-corrected chi connectivity index (χ4v) is 0.603. The summed E-state index contributed by atoms with van der Waals surface area (Å²) in [5, 5.41) is 0. The first-order chi connectivity index (χ1) is 4.93. The molecule has 0 heterocycles. The molecular formula is C7H8BO2. The van der Waals surface area contributed by atoms with Gasteiger partial charge in [-0.25, -0.2) is 0 Å². The molecular weight excluding hydrogens is 127 g/mol.